The number of rotatable bonds is 3. The molecule has 1 aliphatic heterocycles. The number of thioether (sulfide) groups is 1. The van der Waals surface area contributed by atoms with Crippen molar-refractivity contribution in [2.75, 3.05) is 12.4 Å². The minimum Gasteiger partial charge on any atom is -0.329 e. The summed E-state index contributed by atoms with van der Waals surface area (Å²) in [6.45, 7) is 0.0128. The van der Waals surface area contributed by atoms with E-state index in [1.54, 1.807) is 24.3 Å². The number of nitrogens with zero attached hydrogens (tertiary/aromatic N) is 1. The van der Waals surface area contributed by atoms with E-state index in [0.717, 1.165) is 16.7 Å². The third-order valence-corrected chi connectivity index (χ3v) is 3.16. The number of urea groups is 1. The van der Waals surface area contributed by atoms with Crippen molar-refractivity contribution < 1.29 is 14.4 Å². The van der Waals surface area contributed by atoms with E-state index in [2.05, 4.69) is 5.32 Å². The Morgan fingerprint density at radius 2 is 2.00 bits per heavy atom. The fraction of sp³-hybridized carbons (Fsp3) is 0.182. The van der Waals surface area contributed by atoms with E-state index in [-0.39, 0.29) is 23.4 Å². The van der Waals surface area contributed by atoms with E-state index in [4.69, 9.17) is 0 Å². The van der Waals surface area contributed by atoms with E-state index in [9.17, 15) is 14.4 Å². The van der Waals surface area contributed by atoms with Crippen molar-refractivity contribution in [3.05, 3.63) is 35.9 Å². The zero-order valence-electron chi connectivity index (χ0n) is 8.88. The average Bonchev–Trinajstić information content (AvgIpc) is 2.67. The molecule has 5 nitrogen and oxygen atoms in total. The van der Waals surface area contributed by atoms with Crippen LogP contribution in [0.5, 0.6) is 0 Å². The van der Waals surface area contributed by atoms with Crippen molar-refractivity contribution in [2.45, 2.75) is 0 Å². The smallest absolute Gasteiger partial charge is 0.325 e. The summed E-state index contributed by atoms with van der Waals surface area (Å²) >= 11 is 0.940. The van der Waals surface area contributed by atoms with Gasteiger partial charge in [0.1, 0.15) is 0 Å². The van der Waals surface area contributed by atoms with Gasteiger partial charge >= 0.3 is 6.03 Å². The van der Waals surface area contributed by atoms with Crippen molar-refractivity contribution in [3.8, 4) is 0 Å². The topological polar surface area (TPSA) is 66.5 Å². The van der Waals surface area contributed by atoms with E-state index >= 15 is 0 Å². The van der Waals surface area contributed by atoms with Gasteiger partial charge in [0.2, 0.25) is 5.12 Å². The van der Waals surface area contributed by atoms with Crippen molar-refractivity contribution in [1.82, 2.24) is 10.2 Å². The van der Waals surface area contributed by atoms with Crippen LogP contribution in [0.15, 0.2) is 30.3 Å². The van der Waals surface area contributed by atoms with Crippen LogP contribution >= 0.6 is 11.8 Å². The molecule has 1 aromatic carbocycles. The van der Waals surface area contributed by atoms with Crippen LogP contribution in [0.3, 0.4) is 0 Å². The number of imide groups is 1. The van der Waals surface area contributed by atoms with Crippen molar-refractivity contribution in [1.29, 1.82) is 0 Å². The molecule has 0 aliphatic carbocycles. The third kappa shape index (κ3) is 2.65. The largest absolute Gasteiger partial charge is 0.329 e. The minimum absolute atomic E-state index is 0.0128. The van der Waals surface area contributed by atoms with Crippen LogP contribution in [0, 0.1) is 0 Å². The average molecular weight is 250 g/mol. The standard InChI is InChI=1S/C11H10N2O3S/c14-9-6-12-11(16)13(9)7-17-10(15)8-4-2-1-3-5-8/h1-5H,6-7H2,(H,12,16). The number of amides is 3. The lowest BCUT2D eigenvalue weighted by molar-refractivity contribution is -0.124. The van der Waals surface area contributed by atoms with Gasteiger partial charge in [-0.2, -0.15) is 0 Å². The maximum Gasteiger partial charge on any atom is 0.325 e. The summed E-state index contributed by atoms with van der Waals surface area (Å²) in [6.07, 6.45) is 0. The number of hydrogen-bond acceptors (Lipinski definition) is 4. The van der Waals surface area contributed by atoms with Crippen molar-refractivity contribution >= 4 is 28.8 Å². The summed E-state index contributed by atoms with van der Waals surface area (Å²) < 4.78 is 0. The quantitative estimate of drug-likeness (QED) is 0.815. The van der Waals surface area contributed by atoms with E-state index in [0.29, 0.717) is 5.56 Å². The van der Waals surface area contributed by atoms with Gasteiger partial charge in [-0.15, -0.1) is 0 Å². The lowest BCUT2D eigenvalue weighted by Gasteiger charge is -2.10. The van der Waals surface area contributed by atoms with E-state index in [1.807, 2.05) is 6.07 Å². The van der Waals surface area contributed by atoms with Crippen LogP contribution in [0.1, 0.15) is 10.4 Å². The van der Waals surface area contributed by atoms with Gasteiger partial charge in [-0.05, 0) is 0 Å². The molecule has 1 N–H and O–H groups in total. The number of nitrogens with one attached hydrogen (secondary N) is 1. The highest BCUT2D eigenvalue weighted by molar-refractivity contribution is 8.14. The van der Waals surface area contributed by atoms with Gasteiger partial charge in [0.15, 0.2) is 0 Å². The summed E-state index contributed by atoms with van der Waals surface area (Å²) in [4.78, 5) is 35.2. The highest BCUT2D eigenvalue weighted by Crippen LogP contribution is 2.14. The fourth-order valence-electron chi connectivity index (χ4n) is 1.37. The number of hydrogen-bond donors (Lipinski definition) is 1. The second-order valence-corrected chi connectivity index (χ2v) is 4.33. The molecule has 3 amide bonds. The predicted molar refractivity (Wildman–Crippen MR) is 63.5 cm³/mol. The molecule has 6 heteroatoms. The molecule has 1 saturated heterocycles. The van der Waals surface area contributed by atoms with Crippen LogP contribution in [0.25, 0.3) is 0 Å². The number of carbonyl (C=O) groups excluding carboxylic acids is 3. The summed E-state index contributed by atoms with van der Waals surface area (Å²) in [5.41, 5.74) is 0.560. The van der Waals surface area contributed by atoms with Gasteiger partial charge < -0.3 is 5.32 Å². The third-order valence-electron chi connectivity index (χ3n) is 2.27. The van der Waals surface area contributed by atoms with Crippen molar-refractivity contribution in [3.63, 3.8) is 0 Å². The highest BCUT2D eigenvalue weighted by atomic mass is 32.2. The molecule has 88 valence electrons. The number of carbonyl (C=O) groups is 3. The molecule has 1 aromatic rings. The first kappa shape index (κ1) is 11.7. The molecule has 0 atom stereocenters. The van der Waals surface area contributed by atoms with Crippen molar-refractivity contribution in [2.24, 2.45) is 0 Å². The molecule has 0 spiro atoms. The summed E-state index contributed by atoms with van der Waals surface area (Å²) in [5.74, 6) is -0.248. The lowest BCUT2D eigenvalue weighted by Crippen LogP contribution is -2.31. The molecule has 0 saturated carbocycles. The Bertz CT molecular complexity index is 445. The van der Waals surface area contributed by atoms with Gasteiger partial charge in [-0.25, -0.2) is 4.79 Å². The SMILES string of the molecule is O=C(SCN1C(=O)CNC1=O)c1ccccc1. The van der Waals surface area contributed by atoms with Gasteiger partial charge in [0.25, 0.3) is 5.91 Å². The number of benzene rings is 1. The van der Waals surface area contributed by atoms with E-state index in [1.165, 1.54) is 0 Å². The van der Waals surface area contributed by atoms with Gasteiger partial charge in [0, 0.05) is 5.56 Å². The molecule has 17 heavy (non-hydrogen) atoms. The Kier molecular flexibility index (Phi) is 3.43. The first-order chi connectivity index (χ1) is 8.18. The zero-order valence-corrected chi connectivity index (χ0v) is 9.70. The van der Waals surface area contributed by atoms with Gasteiger partial charge in [-0.3, -0.25) is 14.5 Å². The molecule has 1 fully saturated rings. The lowest BCUT2D eigenvalue weighted by atomic mass is 10.2. The molecule has 0 bridgehead atoms. The normalized spacial score (nSPS) is 14.9. The Labute approximate surface area is 102 Å². The predicted octanol–water partition coefficient (Wildman–Crippen LogP) is 1.07. The fourth-order valence-corrected chi connectivity index (χ4v) is 2.18. The monoisotopic (exact) mass is 250 g/mol. The zero-order chi connectivity index (χ0) is 12.3. The molecular formula is C11H10N2O3S. The van der Waals surface area contributed by atoms with Crippen LogP contribution in [-0.4, -0.2) is 34.4 Å². The Morgan fingerprint density at radius 1 is 1.29 bits per heavy atom. The Hall–Kier alpha value is -1.82. The molecule has 0 radical (unpaired) electrons. The first-order valence-corrected chi connectivity index (χ1v) is 5.97. The maximum absolute atomic E-state index is 11.7. The maximum atomic E-state index is 11.7. The Balaban J connectivity index is 1.93. The molecule has 0 unspecified atom stereocenters. The second kappa shape index (κ2) is 5.01. The van der Waals surface area contributed by atoms with Crippen LogP contribution in [0.4, 0.5) is 4.79 Å². The minimum atomic E-state index is -0.441. The molecule has 1 heterocycles. The van der Waals surface area contributed by atoms with E-state index < -0.39 is 6.03 Å². The molecule has 1 aliphatic rings. The summed E-state index contributed by atoms with van der Waals surface area (Å²) in [7, 11) is 0. The van der Waals surface area contributed by atoms with Crippen LogP contribution in [-0.2, 0) is 4.79 Å². The highest BCUT2D eigenvalue weighted by Gasteiger charge is 2.28. The van der Waals surface area contributed by atoms with Gasteiger partial charge in [0.05, 0.1) is 12.4 Å². The first-order valence-electron chi connectivity index (χ1n) is 4.99. The Morgan fingerprint density at radius 3 is 2.59 bits per heavy atom. The molecular weight excluding hydrogens is 240 g/mol. The molecule has 2 rings (SSSR count). The van der Waals surface area contributed by atoms with Crippen LogP contribution < -0.4 is 5.32 Å². The summed E-state index contributed by atoms with van der Waals surface area (Å²) in [5, 5.41) is 2.24. The van der Waals surface area contributed by atoms with Gasteiger partial charge in [-0.1, -0.05) is 42.1 Å². The van der Waals surface area contributed by atoms with Crippen LogP contribution in [0.2, 0.25) is 0 Å². The summed E-state index contributed by atoms with van der Waals surface area (Å²) in [6, 6.07) is 8.30. The molecule has 0 aromatic heterocycles. The second-order valence-electron chi connectivity index (χ2n) is 3.41.